The van der Waals surface area contributed by atoms with Crippen LogP contribution in [0.5, 0.6) is 0 Å². The number of rotatable bonds is 3. The average molecular weight is 343 g/mol. The Morgan fingerprint density at radius 3 is 2.00 bits per heavy atom. The molecule has 0 saturated carbocycles. The predicted molar refractivity (Wildman–Crippen MR) is 96.6 cm³/mol. The van der Waals surface area contributed by atoms with Gasteiger partial charge in [-0.15, -0.1) is 0 Å². The minimum Gasteiger partial charge on any atom is -0.360 e. The molecular weight excluding hydrogens is 322 g/mol. The number of aryl methyl sites for hydroxylation is 1. The highest BCUT2D eigenvalue weighted by Gasteiger charge is 2.17. The summed E-state index contributed by atoms with van der Waals surface area (Å²) < 4.78 is 28.4. The molecule has 0 atom stereocenters. The van der Waals surface area contributed by atoms with Gasteiger partial charge in [0.15, 0.2) is 9.84 Å². The van der Waals surface area contributed by atoms with Gasteiger partial charge < -0.3 is 4.52 Å². The van der Waals surface area contributed by atoms with Gasteiger partial charge in [0, 0.05) is 11.8 Å². The molecule has 126 valence electrons. The van der Waals surface area contributed by atoms with E-state index >= 15 is 0 Å². The summed E-state index contributed by atoms with van der Waals surface area (Å²) in [7, 11) is -3.20. The molecule has 2 aromatic carbocycles. The molecule has 0 saturated heterocycles. The molecule has 0 N–H and O–H groups in total. The zero-order chi connectivity index (χ0) is 17.7. The zero-order valence-corrected chi connectivity index (χ0v) is 15.1. The highest BCUT2D eigenvalue weighted by atomic mass is 32.2. The fourth-order valence-corrected chi connectivity index (χ4v) is 3.00. The lowest BCUT2D eigenvalue weighted by Gasteiger charge is -2.04. The topological polar surface area (TPSA) is 60.2 Å². The first kappa shape index (κ1) is 17.9. The first-order chi connectivity index (χ1) is 11.5. The maximum atomic E-state index is 11.6. The second kappa shape index (κ2) is 7.45. The monoisotopic (exact) mass is 343 g/mol. The molecule has 1 aromatic heterocycles. The van der Waals surface area contributed by atoms with Crippen LogP contribution in [-0.2, 0) is 9.84 Å². The van der Waals surface area contributed by atoms with E-state index in [1.165, 1.54) is 6.26 Å². The molecule has 4 nitrogen and oxygen atoms in total. The number of aromatic nitrogens is 1. The molecule has 0 aliphatic heterocycles. The van der Waals surface area contributed by atoms with Crippen molar-refractivity contribution < 1.29 is 12.9 Å². The van der Waals surface area contributed by atoms with Crippen molar-refractivity contribution in [2.75, 3.05) is 6.26 Å². The van der Waals surface area contributed by atoms with Crippen LogP contribution in [0.25, 0.3) is 22.4 Å². The summed E-state index contributed by atoms with van der Waals surface area (Å²) in [5.41, 5.74) is 3.47. The number of benzene rings is 2. The Kier molecular flexibility index (Phi) is 5.57. The Labute approximate surface area is 143 Å². The normalized spacial score (nSPS) is 10.8. The number of sulfone groups is 1. The van der Waals surface area contributed by atoms with Crippen molar-refractivity contribution in [1.82, 2.24) is 5.16 Å². The van der Waals surface area contributed by atoms with Crippen LogP contribution < -0.4 is 0 Å². The Morgan fingerprint density at radius 2 is 1.46 bits per heavy atom. The second-order valence-corrected chi connectivity index (χ2v) is 7.14. The van der Waals surface area contributed by atoms with Crippen LogP contribution in [0.3, 0.4) is 0 Å². The zero-order valence-electron chi connectivity index (χ0n) is 14.3. The first-order valence-electron chi connectivity index (χ1n) is 7.79. The maximum Gasteiger partial charge on any atom is 0.175 e. The molecule has 0 unspecified atom stereocenters. The first-order valence-corrected chi connectivity index (χ1v) is 9.68. The van der Waals surface area contributed by atoms with Gasteiger partial charge in [-0.2, -0.15) is 0 Å². The number of hydrogen-bond acceptors (Lipinski definition) is 4. The third-order valence-corrected chi connectivity index (χ3v) is 4.61. The van der Waals surface area contributed by atoms with Crippen LogP contribution in [0.2, 0.25) is 0 Å². The molecule has 3 aromatic rings. The average Bonchev–Trinajstić information content (AvgIpc) is 2.98. The molecule has 3 rings (SSSR count). The highest BCUT2D eigenvalue weighted by Crippen LogP contribution is 2.34. The summed E-state index contributed by atoms with van der Waals surface area (Å²) in [6, 6.07) is 16.5. The van der Waals surface area contributed by atoms with E-state index in [4.69, 9.17) is 4.52 Å². The minimum atomic E-state index is -3.20. The summed E-state index contributed by atoms with van der Waals surface area (Å²) in [6.45, 7) is 5.85. The van der Waals surface area contributed by atoms with Crippen LogP contribution in [0, 0.1) is 6.92 Å². The quantitative estimate of drug-likeness (QED) is 0.689. The van der Waals surface area contributed by atoms with Crippen LogP contribution in [0.15, 0.2) is 64.0 Å². The Bertz CT molecular complexity index is 896. The Hall–Kier alpha value is -2.40. The molecular formula is C19H21NO3S. The molecule has 0 radical (unpaired) electrons. The number of nitrogens with zero attached hydrogens (tertiary/aromatic N) is 1. The fraction of sp³-hybridized carbons (Fsp3) is 0.211. The van der Waals surface area contributed by atoms with Crippen molar-refractivity contribution in [1.29, 1.82) is 0 Å². The van der Waals surface area contributed by atoms with Gasteiger partial charge in [0.05, 0.1) is 10.5 Å². The van der Waals surface area contributed by atoms with Gasteiger partial charge in [-0.05, 0) is 24.6 Å². The molecule has 24 heavy (non-hydrogen) atoms. The fourth-order valence-electron chi connectivity index (χ4n) is 2.37. The van der Waals surface area contributed by atoms with Crippen LogP contribution in [-0.4, -0.2) is 19.8 Å². The summed E-state index contributed by atoms with van der Waals surface area (Å²) in [6.07, 6.45) is 1.20. The van der Waals surface area contributed by atoms with E-state index in [1.54, 1.807) is 24.3 Å². The molecule has 0 aliphatic carbocycles. The third-order valence-electron chi connectivity index (χ3n) is 3.48. The Morgan fingerprint density at radius 1 is 0.875 bits per heavy atom. The number of hydrogen-bond donors (Lipinski definition) is 0. The van der Waals surface area contributed by atoms with Crippen molar-refractivity contribution in [3.63, 3.8) is 0 Å². The summed E-state index contributed by atoms with van der Waals surface area (Å²) in [5, 5.41) is 4.14. The highest BCUT2D eigenvalue weighted by molar-refractivity contribution is 7.90. The van der Waals surface area contributed by atoms with Gasteiger partial charge in [0.25, 0.3) is 0 Å². The van der Waals surface area contributed by atoms with E-state index in [9.17, 15) is 8.42 Å². The second-order valence-electron chi connectivity index (χ2n) is 5.12. The van der Waals surface area contributed by atoms with Gasteiger partial charge in [-0.3, -0.25) is 0 Å². The van der Waals surface area contributed by atoms with Crippen molar-refractivity contribution in [2.24, 2.45) is 0 Å². The SMILES string of the molecule is CC.Cc1onc(-c2ccccc2)c1-c1ccc(S(C)(=O)=O)cc1. The third kappa shape index (κ3) is 3.74. The van der Waals surface area contributed by atoms with E-state index in [0.717, 1.165) is 22.4 Å². The minimum absolute atomic E-state index is 0.298. The van der Waals surface area contributed by atoms with Crippen molar-refractivity contribution >= 4 is 9.84 Å². The molecule has 5 heteroatoms. The molecule has 0 spiro atoms. The van der Waals surface area contributed by atoms with Crippen molar-refractivity contribution in [3.05, 3.63) is 60.4 Å². The van der Waals surface area contributed by atoms with Gasteiger partial charge in [-0.1, -0.05) is 61.5 Å². The smallest absolute Gasteiger partial charge is 0.175 e. The van der Waals surface area contributed by atoms with E-state index < -0.39 is 9.84 Å². The maximum absolute atomic E-state index is 11.6. The summed E-state index contributed by atoms with van der Waals surface area (Å²) >= 11 is 0. The van der Waals surface area contributed by atoms with E-state index in [-0.39, 0.29) is 0 Å². The van der Waals surface area contributed by atoms with Crippen LogP contribution in [0.4, 0.5) is 0 Å². The van der Waals surface area contributed by atoms with Gasteiger partial charge in [0.1, 0.15) is 11.5 Å². The van der Waals surface area contributed by atoms with E-state index in [0.29, 0.717) is 10.7 Å². The lowest BCUT2D eigenvalue weighted by Crippen LogP contribution is -1.96. The van der Waals surface area contributed by atoms with Gasteiger partial charge in [0.2, 0.25) is 0 Å². The largest absolute Gasteiger partial charge is 0.360 e. The van der Waals surface area contributed by atoms with Crippen LogP contribution in [0.1, 0.15) is 19.6 Å². The van der Waals surface area contributed by atoms with E-state index in [1.807, 2.05) is 51.1 Å². The molecule has 0 bridgehead atoms. The summed E-state index contributed by atoms with van der Waals surface area (Å²) in [5.74, 6) is 0.700. The Balaban J connectivity index is 0.00000100. The molecule has 0 amide bonds. The lowest BCUT2D eigenvalue weighted by molar-refractivity contribution is 0.400. The predicted octanol–water partition coefficient (Wildman–Crippen LogP) is 4.75. The van der Waals surface area contributed by atoms with Crippen LogP contribution >= 0.6 is 0 Å². The van der Waals surface area contributed by atoms with E-state index in [2.05, 4.69) is 5.16 Å². The van der Waals surface area contributed by atoms with Crippen molar-refractivity contribution in [3.8, 4) is 22.4 Å². The molecule has 0 fully saturated rings. The van der Waals surface area contributed by atoms with Crippen molar-refractivity contribution in [2.45, 2.75) is 25.7 Å². The lowest BCUT2D eigenvalue weighted by atomic mass is 10.00. The molecule has 1 heterocycles. The van der Waals surface area contributed by atoms with Gasteiger partial charge >= 0.3 is 0 Å². The summed E-state index contributed by atoms with van der Waals surface area (Å²) in [4.78, 5) is 0.298. The standard InChI is InChI=1S/C17H15NO3S.C2H6/c1-12-16(13-8-10-15(11-9-13)22(2,19)20)17(18-21-12)14-6-4-3-5-7-14;1-2/h3-11H,1-2H3;1-2H3. The molecule has 0 aliphatic rings. The van der Waals surface area contributed by atoms with Gasteiger partial charge in [-0.25, -0.2) is 8.42 Å².